The van der Waals surface area contributed by atoms with Crippen LogP contribution >= 0.6 is 0 Å². The summed E-state index contributed by atoms with van der Waals surface area (Å²) >= 11 is 0. The molecule has 1 rings (SSSR count). The summed E-state index contributed by atoms with van der Waals surface area (Å²) in [5, 5.41) is 27.9. The van der Waals surface area contributed by atoms with Gasteiger partial charge in [0, 0.05) is 0 Å². The van der Waals surface area contributed by atoms with Crippen molar-refractivity contribution >= 4 is 0 Å². The van der Waals surface area contributed by atoms with Gasteiger partial charge in [0.1, 0.15) is 5.75 Å². The Bertz CT molecular complexity index is 338. The predicted molar refractivity (Wildman–Crippen MR) is 55.3 cm³/mol. The highest BCUT2D eigenvalue weighted by atomic mass is 16.7. The van der Waals surface area contributed by atoms with Crippen molar-refractivity contribution in [1.29, 1.82) is 0 Å². The topological polar surface area (TPSA) is 92.8 Å². The number of nitrogens with zero attached hydrogens (tertiary/aromatic N) is 1. The summed E-state index contributed by atoms with van der Waals surface area (Å²) in [7, 11) is 0. The molecule has 0 aliphatic carbocycles. The van der Waals surface area contributed by atoms with Crippen molar-refractivity contribution in [2.75, 3.05) is 6.61 Å². The fraction of sp³-hybridized carbons (Fsp3) is 0.400. The van der Waals surface area contributed by atoms with Gasteiger partial charge in [0.2, 0.25) is 0 Å². The number of nitro groups is 1. The molecule has 2 N–H and O–H groups in total. The van der Waals surface area contributed by atoms with Crippen LogP contribution in [0.25, 0.3) is 0 Å². The van der Waals surface area contributed by atoms with Gasteiger partial charge in [-0.2, -0.15) is 0 Å². The van der Waals surface area contributed by atoms with Crippen LogP contribution in [-0.4, -0.2) is 27.7 Å². The molecule has 0 bridgehead atoms. The molecule has 0 aromatic heterocycles. The number of para-hydroxylation sites is 1. The van der Waals surface area contributed by atoms with Crippen LogP contribution < -0.4 is 4.74 Å². The number of hydrogen-bond donors (Lipinski definition) is 2. The van der Waals surface area contributed by atoms with Crippen molar-refractivity contribution in [3.05, 3.63) is 40.4 Å². The smallest absolute Gasteiger partial charge is 0.437 e. The summed E-state index contributed by atoms with van der Waals surface area (Å²) in [6, 6.07) is 8.94. The second-order valence-corrected chi connectivity index (χ2v) is 3.30. The molecule has 0 fully saturated rings. The third-order valence-corrected chi connectivity index (χ3v) is 1.96. The van der Waals surface area contributed by atoms with Gasteiger partial charge in [0.25, 0.3) is 0 Å². The molecule has 0 saturated carbocycles. The van der Waals surface area contributed by atoms with Crippen molar-refractivity contribution < 1.29 is 19.9 Å². The zero-order chi connectivity index (χ0) is 12.0. The van der Waals surface area contributed by atoms with E-state index in [-0.39, 0.29) is 19.4 Å². The quantitative estimate of drug-likeness (QED) is 0.324. The maximum Gasteiger partial charge on any atom is 0.437 e. The highest BCUT2D eigenvalue weighted by molar-refractivity contribution is 5.20. The van der Waals surface area contributed by atoms with Crippen LogP contribution in [0.5, 0.6) is 5.75 Å². The summed E-state index contributed by atoms with van der Waals surface area (Å²) in [5.74, 6) is -2.22. The summed E-state index contributed by atoms with van der Waals surface area (Å²) in [5.41, 5.74) is 0. The SMILES string of the molecule is O=[N+]([O-])C(O)(O)CCCOc1ccccc1. The van der Waals surface area contributed by atoms with E-state index in [2.05, 4.69) is 0 Å². The number of aliphatic hydroxyl groups is 2. The lowest BCUT2D eigenvalue weighted by Crippen LogP contribution is -2.37. The fourth-order valence-corrected chi connectivity index (χ4v) is 1.11. The Hall–Kier alpha value is -1.66. The molecule has 6 nitrogen and oxygen atoms in total. The average molecular weight is 227 g/mol. The van der Waals surface area contributed by atoms with Crippen LogP contribution in [0.2, 0.25) is 0 Å². The third kappa shape index (κ3) is 3.84. The molecule has 0 spiro atoms. The van der Waals surface area contributed by atoms with Gasteiger partial charge >= 0.3 is 5.91 Å². The minimum absolute atomic E-state index is 0.183. The lowest BCUT2D eigenvalue weighted by Gasteiger charge is -2.12. The van der Waals surface area contributed by atoms with Gasteiger partial charge in [-0.1, -0.05) is 18.2 Å². The number of benzene rings is 1. The maximum absolute atomic E-state index is 10.1. The molecule has 0 aliphatic rings. The summed E-state index contributed by atoms with van der Waals surface area (Å²) in [6.45, 7) is 0.195. The zero-order valence-electron chi connectivity index (χ0n) is 8.57. The van der Waals surface area contributed by atoms with Crippen LogP contribution in [0.1, 0.15) is 12.8 Å². The highest BCUT2D eigenvalue weighted by Gasteiger charge is 2.36. The molecule has 1 aromatic rings. The fourth-order valence-electron chi connectivity index (χ4n) is 1.11. The summed E-state index contributed by atoms with van der Waals surface area (Å²) < 4.78 is 5.24. The molecule has 88 valence electrons. The second-order valence-electron chi connectivity index (χ2n) is 3.30. The minimum atomic E-state index is -2.86. The number of rotatable bonds is 6. The maximum atomic E-state index is 10.1. The van der Waals surface area contributed by atoms with E-state index in [1.807, 2.05) is 6.07 Å². The van der Waals surface area contributed by atoms with Crippen molar-refractivity contribution in [3.8, 4) is 5.75 Å². The Morgan fingerprint density at radius 2 is 1.94 bits per heavy atom. The zero-order valence-corrected chi connectivity index (χ0v) is 8.57. The molecule has 16 heavy (non-hydrogen) atoms. The van der Waals surface area contributed by atoms with Crippen molar-refractivity contribution in [3.63, 3.8) is 0 Å². The molecule has 0 atom stereocenters. The van der Waals surface area contributed by atoms with E-state index in [1.54, 1.807) is 24.3 Å². The molecule has 0 aliphatic heterocycles. The molecule has 0 heterocycles. The van der Waals surface area contributed by atoms with Crippen molar-refractivity contribution in [1.82, 2.24) is 0 Å². The van der Waals surface area contributed by atoms with Gasteiger partial charge in [-0.3, -0.25) is 10.1 Å². The molecule has 6 heteroatoms. The van der Waals surface area contributed by atoms with E-state index in [0.29, 0.717) is 5.75 Å². The molecule has 0 unspecified atom stereocenters. The van der Waals surface area contributed by atoms with Gasteiger partial charge in [0.05, 0.1) is 18.0 Å². The molecule has 0 saturated heterocycles. The van der Waals surface area contributed by atoms with E-state index < -0.39 is 10.8 Å². The Labute approximate surface area is 92.2 Å². The van der Waals surface area contributed by atoms with E-state index in [9.17, 15) is 10.1 Å². The number of hydrogen-bond acceptors (Lipinski definition) is 5. The van der Waals surface area contributed by atoms with Gasteiger partial charge in [-0.05, 0) is 18.6 Å². The summed E-state index contributed by atoms with van der Waals surface area (Å²) in [6.07, 6.45) is -0.185. The Kier molecular flexibility index (Phi) is 4.21. The van der Waals surface area contributed by atoms with Crippen LogP contribution in [0, 0.1) is 10.1 Å². The molecule has 0 radical (unpaired) electrons. The second kappa shape index (κ2) is 5.43. The van der Waals surface area contributed by atoms with Crippen LogP contribution in [0.15, 0.2) is 30.3 Å². The average Bonchev–Trinajstić information content (AvgIpc) is 2.26. The first kappa shape index (κ1) is 12.4. The van der Waals surface area contributed by atoms with E-state index in [4.69, 9.17) is 14.9 Å². The normalized spacial score (nSPS) is 11.1. The lowest BCUT2D eigenvalue weighted by molar-refractivity contribution is -0.684. The van der Waals surface area contributed by atoms with Gasteiger partial charge in [0.15, 0.2) is 0 Å². The Morgan fingerprint density at radius 1 is 1.31 bits per heavy atom. The van der Waals surface area contributed by atoms with E-state index in [1.165, 1.54) is 0 Å². The summed E-state index contributed by atoms with van der Waals surface area (Å²) in [4.78, 5) is 9.02. The number of ether oxygens (including phenoxy) is 1. The predicted octanol–water partition coefficient (Wildman–Crippen LogP) is 0.761. The van der Waals surface area contributed by atoms with E-state index >= 15 is 0 Å². The molecular weight excluding hydrogens is 214 g/mol. The van der Waals surface area contributed by atoms with Gasteiger partial charge in [-0.15, -0.1) is 0 Å². The van der Waals surface area contributed by atoms with Crippen LogP contribution in [0.3, 0.4) is 0 Å². The van der Waals surface area contributed by atoms with Gasteiger partial charge in [-0.25, -0.2) is 0 Å². The first-order valence-electron chi connectivity index (χ1n) is 4.79. The standard InChI is InChI=1S/C10H13NO5/c12-10(13,11(14)15)7-4-8-16-9-5-2-1-3-6-9/h1-3,5-6,12-13H,4,7-8H2. The van der Waals surface area contributed by atoms with Gasteiger partial charge < -0.3 is 14.9 Å². The molecule has 1 aromatic carbocycles. The van der Waals surface area contributed by atoms with Crippen LogP contribution in [-0.2, 0) is 0 Å². The molecular formula is C10H13NO5. The highest BCUT2D eigenvalue weighted by Crippen LogP contribution is 2.12. The van der Waals surface area contributed by atoms with Crippen molar-refractivity contribution in [2.24, 2.45) is 0 Å². The minimum Gasteiger partial charge on any atom is -0.494 e. The first-order valence-corrected chi connectivity index (χ1v) is 4.79. The first-order chi connectivity index (χ1) is 7.52. The molecule has 0 amide bonds. The van der Waals surface area contributed by atoms with Crippen molar-refractivity contribution in [2.45, 2.75) is 18.8 Å². The Morgan fingerprint density at radius 3 is 2.50 bits per heavy atom. The largest absolute Gasteiger partial charge is 0.494 e. The van der Waals surface area contributed by atoms with Crippen LogP contribution in [0.4, 0.5) is 0 Å². The van der Waals surface area contributed by atoms with E-state index in [0.717, 1.165) is 0 Å². The lowest BCUT2D eigenvalue weighted by atomic mass is 10.2. The third-order valence-electron chi connectivity index (χ3n) is 1.96. The monoisotopic (exact) mass is 227 g/mol. The Balaban J connectivity index is 2.25.